The molecule has 2 N–H and O–H groups in total. The summed E-state index contributed by atoms with van der Waals surface area (Å²) in [5.41, 5.74) is 3.03. The lowest BCUT2D eigenvalue weighted by atomic mass is 9.97. The van der Waals surface area contributed by atoms with E-state index in [2.05, 4.69) is 15.6 Å². The first-order chi connectivity index (χ1) is 10.3. The lowest BCUT2D eigenvalue weighted by Crippen LogP contribution is -2.29. The molecule has 0 saturated heterocycles. The minimum atomic E-state index is 0.00770. The van der Waals surface area contributed by atoms with Gasteiger partial charge in [0.25, 0.3) is 5.91 Å². The maximum absolute atomic E-state index is 12.4. The molecule has 5 heteroatoms. The third-order valence-corrected chi connectivity index (χ3v) is 3.90. The van der Waals surface area contributed by atoms with Crippen LogP contribution in [-0.4, -0.2) is 28.5 Å². The van der Waals surface area contributed by atoms with Crippen molar-refractivity contribution in [1.29, 1.82) is 0 Å². The summed E-state index contributed by atoms with van der Waals surface area (Å²) in [7, 11) is 0. The van der Waals surface area contributed by atoms with E-state index in [4.69, 9.17) is 0 Å². The second-order valence-electron chi connectivity index (χ2n) is 5.29. The Hall–Kier alpha value is -2.30. The summed E-state index contributed by atoms with van der Waals surface area (Å²) < 4.78 is 2.03. The number of aryl methyl sites for hydroxylation is 1. The van der Waals surface area contributed by atoms with Crippen LogP contribution in [0.15, 0.2) is 30.6 Å². The largest absolute Gasteiger partial charge is 0.385 e. The number of benzene rings is 1. The van der Waals surface area contributed by atoms with E-state index in [0.29, 0.717) is 6.54 Å². The molecule has 0 aliphatic carbocycles. The molecule has 1 aliphatic heterocycles. The second kappa shape index (κ2) is 5.99. The molecule has 0 atom stereocenters. The summed E-state index contributed by atoms with van der Waals surface area (Å²) in [4.78, 5) is 16.5. The first-order valence-electron chi connectivity index (χ1n) is 7.37. The minimum absolute atomic E-state index is 0.00770. The molecule has 1 amide bonds. The fraction of sp³-hybridized carbons (Fsp3) is 0.375. The van der Waals surface area contributed by atoms with Crippen molar-refractivity contribution in [3.8, 4) is 0 Å². The van der Waals surface area contributed by atoms with E-state index >= 15 is 0 Å². The number of hydrogen-bond donors (Lipinski definition) is 2. The summed E-state index contributed by atoms with van der Waals surface area (Å²) in [5.74, 6) is 0.971. The zero-order valence-corrected chi connectivity index (χ0v) is 12.2. The average molecular weight is 284 g/mol. The lowest BCUT2D eigenvalue weighted by Gasteiger charge is -2.20. The standard InChI is InChI=1S/C16H20N4O/c1-12-17-8-10-20(12)11-9-19-16(21)14-4-2-6-15-13(14)5-3-7-18-15/h2,4,6,8,10,18H,3,5,7,9,11H2,1H3,(H,19,21). The van der Waals surface area contributed by atoms with E-state index in [9.17, 15) is 4.79 Å². The van der Waals surface area contributed by atoms with Gasteiger partial charge in [-0.2, -0.15) is 0 Å². The molecule has 0 bridgehead atoms. The van der Waals surface area contributed by atoms with Gasteiger partial charge >= 0.3 is 0 Å². The van der Waals surface area contributed by atoms with Crippen LogP contribution in [0, 0.1) is 6.92 Å². The maximum atomic E-state index is 12.4. The van der Waals surface area contributed by atoms with Crippen LogP contribution in [-0.2, 0) is 13.0 Å². The Balaban J connectivity index is 1.64. The van der Waals surface area contributed by atoms with Crippen LogP contribution >= 0.6 is 0 Å². The highest BCUT2D eigenvalue weighted by atomic mass is 16.1. The van der Waals surface area contributed by atoms with Crippen LogP contribution in [0.25, 0.3) is 0 Å². The summed E-state index contributed by atoms with van der Waals surface area (Å²) in [6.45, 7) is 4.29. The number of rotatable bonds is 4. The number of aromatic nitrogens is 2. The van der Waals surface area contributed by atoms with Gasteiger partial charge in [0.2, 0.25) is 0 Å². The third-order valence-electron chi connectivity index (χ3n) is 3.90. The monoisotopic (exact) mass is 284 g/mol. The Kier molecular flexibility index (Phi) is 3.90. The van der Waals surface area contributed by atoms with Gasteiger partial charge in [-0.1, -0.05) is 6.07 Å². The number of carbonyl (C=O) groups is 1. The highest BCUT2D eigenvalue weighted by Gasteiger charge is 2.16. The number of nitrogens with one attached hydrogen (secondary N) is 2. The molecule has 2 aromatic rings. The van der Waals surface area contributed by atoms with Gasteiger partial charge in [-0.15, -0.1) is 0 Å². The van der Waals surface area contributed by atoms with Crippen LogP contribution < -0.4 is 10.6 Å². The molecule has 2 heterocycles. The van der Waals surface area contributed by atoms with Crippen molar-refractivity contribution in [2.75, 3.05) is 18.4 Å². The highest BCUT2D eigenvalue weighted by molar-refractivity contribution is 5.97. The van der Waals surface area contributed by atoms with Crippen LogP contribution in [0.3, 0.4) is 0 Å². The normalized spacial score (nSPS) is 13.4. The molecule has 1 aromatic heterocycles. The topological polar surface area (TPSA) is 59.0 Å². The molecule has 21 heavy (non-hydrogen) atoms. The fourth-order valence-corrected chi connectivity index (χ4v) is 2.75. The van der Waals surface area contributed by atoms with Crippen molar-refractivity contribution < 1.29 is 4.79 Å². The van der Waals surface area contributed by atoms with Gasteiger partial charge < -0.3 is 15.2 Å². The molecule has 0 unspecified atom stereocenters. The highest BCUT2D eigenvalue weighted by Crippen LogP contribution is 2.25. The number of amides is 1. The Morgan fingerprint density at radius 2 is 2.38 bits per heavy atom. The SMILES string of the molecule is Cc1nccn1CCNC(=O)c1cccc2c1CCCN2. The van der Waals surface area contributed by atoms with E-state index in [1.54, 1.807) is 6.20 Å². The number of carbonyl (C=O) groups excluding carboxylic acids is 1. The summed E-state index contributed by atoms with van der Waals surface area (Å²) in [5, 5.41) is 6.35. The summed E-state index contributed by atoms with van der Waals surface area (Å²) in [6.07, 6.45) is 5.74. The number of nitrogens with zero attached hydrogens (tertiary/aromatic N) is 2. The molecule has 3 rings (SSSR count). The zero-order valence-electron chi connectivity index (χ0n) is 12.2. The van der Waals surface area contributed by atoms with Crippen molar-refractivity contribution in [2.45, 2.75) is 26.3 Å². The molecule has 110 valence electrons. The third kappa shape index (κ3) is 2.91. The Labute approximate surface area is 124 Å². The van der Waals surface area contributed by atoms with E-state index < -0.39 is 0 Å². The molecule has 0 spiro atoms. The van der Waals surface area contributed by atoms with E-state index in [1.807, 2.05) is 35.9 Å². The number of hydrogen-bond acceptors (Lipinski definition) is 3. The van der Waals surface area contributed by atoms with Crippen LogP contribution in [0.5, 0.6) is 0 Å². The van der Waals surface area contributed by atoms with E-state index in [1.165, 1.54) is 0 Å². The van der Waals surface area contributed by atoms with E-state index in [0.717, 1.165) is 48.6 Å². The molecule has 1 aromatic carbocycles. The molecule has 5 nitrogen and oxygen atoms in total. The van der Waals surface area contributed by atoms with Crippen LogP contribution in [0.4, 0.5) is 5.69 Å². The quantitative estimate of drug-likeness (QED) is 0.902. The van der Waals surface area contributed by atoms with E-state index in [-0.39, 0.29) is 5.91 Å². The molecule has 0 radical (unpaired) electrons. The Morgan fingerprint density at radius 3 is 3.19 bits per heavy atom. The average Bonchev–Trinajstić information content (AvgIpc) is 2.92. The van der Waals surface area contributed by atoms with Crippen LogP contribution in [0.1, 0.15) is 28.2 Å². The molecule has 0 fully saturated rings. The second-order valence-corrected chi connectivity index (χ2v) is 5.29. The summed E-state index contributed by atoms with van der Waals surface area (Å²) >= 11 is 0. The van der Waals surface area contributed by atoms with Gasteiger partial charge in [0.1, 0.15) is 5.82 Å². The number of anilines is 1. The first-order valence-corrected chi connectivity index (χ1v) is 7.37. The van der Waals surface area contributed by atoms with Gasteiger partial charge in [0.15, 0.2) is 0 Å². The Morgan fingerprint density at radius 1 is 1.48 bits per heavy atom. The van der Waals surface area contributed by atoms with Crippen LogP contribution in [0.2, 0.25) is 0 Å². The molecule has 1 aliphatic rings. The predicted molar refractivity (Wildman–Crippen MR) is 82.5 cm³/mol. The predicted octanol–water partition coefficient (Wildman–Crippen LogP) is 1.98. The van der Waals surface area contributed by atoms with Crippen molar-refractivity contribution in [1.82, 2.24) is 14.9 Å². The fourth-order valence-electron chi connectivity index (χ4n) is 2.75. The molecular formula is C16H20N4O. The smallest absolute Gasteiger partial charge is 0.251 e. The van der Waals surface area contributed by atoms with Crippen molar-refractivity contribution in [2.24, 2.45) is 0 Å². The van der Waals surface area contributed by atoms with Crippen molar-refractivity contribution in [3.05, 3.63) is 47.5 Å². The molecule has 0 saturated carbocycles. The van der Waals surface area contributed by atoms with Crippen molar-refractivity contribution in [3.63, 3.8) is 0 Å². The van der Waals surface area contributed by atoms with Gasteiger partial charge in [0.05, 0.1) is 0 Å². The van der Waals surface area contributed by atoms with Gasteiger partial charge in [-0.3, -0.25) is 4.79 Å². The maximum Gasteiger partial charge on any atom is 0.251 e. The van der Waals surface area contributed by atoms with Gasteiger partial charge in [-0.25, -0.2) is 4.98 Å². The lowest BCUT2D eigenvalue weighted by molar-refractivity contribution is 0.0951. The zero-order chi connectivity index (χ0) is 14.7. The van der Waals surface area contributed by atoms with Crippen molar-refractivity contribution >= 4 is 11.6 Å². The van der Waals surface area contributed by atoms with Gasteiger partial charge in [0, 0.05) is 43.3 Å². The number of imidazole rings is 1. The number of fused-ring (bicyclic) bond motifs is 1. The Bertz CT molecular complexity index is 647. The molecular weight excluding hydrogens is 264 g/mol. The minimum Gasteiger partial charge on any atom is -0.385 e. The van der Waals surface area contributed by atoms with Gasteiger partial charge in [-0.05, 0) is 37.5 Å². The summed E-state index contributed by atoms with van der Waals surface area (Å²) in [6, 6.07) is 5.88. The first kappa shape index (κ1) is 13.7.